The molecule has 0 radical (unpaired) electrons. The number of unbranched alkanes of at least 4 members (excludes halogenated alkanes) is 3. The van der Waals surface area contributed by atoms with Gasteiger partial charge < -0.3 is 14.9 Å². The molecule has 0 unspecified atom stereocenters. The first-order valence-electron chi connectivity index (χ1n) is 11.1. The van der Waals surface area contributed by atoms with Gasteiger partial charge in [0.25, 0.3) is 0 Å². The second-order valence-corrected chi connectivity index (χ2v) is 7.65. The number of methoxy groups -OCH3 is 1. The lowest BCUT2D eigenvalue weighted by Crippen LogP contribution is -1.97. The van der Waals surface area contributed by atoms with Crippen molar-refractivity contribution in [2.24, 2.45) is 0 Å². The van der Waals surface area contributed by atoms with E-state index in [4.69, 9.17) is 4.74 Å². The summed E-state index contributed by atoms with van der Waals surface area (Å²) in [4.78, 5) is 0. The molecular weight excluding hydrogens is 360 g/mol. The Morgan fingerprint density at radius 1 is 0.724 bits per heavy atom. The Morgan fingerprint density at radius 3 is 1.90 bits per heavy atom. The zero-order chi connectivity index (χ0) is 21.6. The van der Waals surface area contributed by atoms with Crippen molar-refractivity contribution in [1.29, 1.82) is 0 Å². The van der Waals surface area contributed by atoms with E-state index in [0.29, 0.717) is 17.2 Å². The molecule has 29 heavy (non-hydrogen) atoms. The Kier molecular flexibility index (Phi) is 11.9. The fourth-order valence-corrected chi connectivity index (χ4v) is 3.33. The van der Waals surface area contributed by atoms with Crippen LogP contribution in [0.1, 0.15) is 81.5 Å². The quantitative estimate of drug-likeness (QED) is 0.446. The number of aryl methyl sites for hydroxylation is 3. The molecule has 0 aromatic heterocycles. The SMILES string of the molecule is CCCCc1ccc(C)c(O)c1CCCC.CCCCc1cccc(OC)c1O. The fraction of sp³-hybridized carbons (Fsp3) is 0.538. The Hall–Kier alpha value is -2.16. The van der Waals surface area contributed by atoms with Crippen LogP contribution >= 0.6 is 0 Å². The van der Waals surface area contributed by atoms with Crippen LogP contribution in [-0.4, -0.2) is 17.3 Å². The van der Waals surface area contributed by atoms with Gasteiger partial charge in [-0.25, -0.2) is 0 Å². The van der Waals surface area contributed by atoms with E-state index in [1.54, 1.807) is 13.2 Å². The molecule has 3 nitrogen and oxygen atoms in total. The maximum atomic E-state index is 10.1. The highest BCUT2D eigenvalue weighted by Gasteiger charge is 2.09. The van der Waals surface area contributed by atoms with Crippen molar-refractivity contribution in [3.8, 4) is 17.2 Å². The van der Waals surface area contributed by atoms with Gasteiger partial charge in [0.1, 0.15) is 5.75 Å². The monoisotopic (exact) mass is 400 g/mol. The van der Waals surface area contributed by atoms with Crippen LogP contribution in [-0.2, 0) is 19.3 Å². The molecule has 0 aliphatic rings. The summed E-state index contributed by atoms with van der Waals surface area (Å²) in [6.45, 7) is 8.52. The van der Waals surface area contributed by atoms with Gasteiger partial charge in [0.2, 0.25) is 0 Å². The van der Waals surface area contributed by atoms with E-state index < -0.39 is 0 Å². The van der Waals surface area contributed by atoms with Gasteiger partial charge in [0.15, 0.2) is 11.5 Å². The van der Waals surface area contributed by atoms with Crippen LogP contribution in [0.4, 0.5) is 0 Å². The van der Waals surface area contributed by atoms with Gasteiger partial charge in [-0.05, 0) is 73.8 Å². The average Bonchev–Trinajstić information content (AvgIpc) is 2.73. The van der Waals surface area contributed by atoms with E-state index >= 15 is 0 Å². The summed E-state index contributed by atoms with van der Waals surface area (Å²) in [6.07, 6.45) is 10.0. The third-order valence-corrected chi connectivity index (χ3v) is 5.26. The van der Waals surface area contributed by atoms with E-state index in [-0.39, 0.29) is 0 Å². The van der Waals surface area contributed by atoms with Crippen molar-refractivity contribution >= 4 is 0 Å². The van der Waals surface area contributed by atoms with Crippen molar-refractivity contribution < 1.29 is 14.9 Å². The van der Waals surface area contributed by atoms with E-state index in [1.807, 2.05) is 25.1 Å². The molecule has 0 aliphatic heterocycles. The first-order chi connectivity index (χ1) is 14.0. The van der Waals surface area contributed by atoms with Crippen LogP contribution in [0.2, 0.25) is 0 Å². The number of hydrogen-bond acceptors (Lipinski definition) is 3. The zero-order valence-electron chi connectivity index (χ0n) is 19.1. The van der Waals surface area contributed by atoms with E-state index in [0.717, 1.165) is 49.7 Å². The lowest BCUT2D eigenvalue weighted by Gasteiger charge is -2.13. The van der Waals surface area contributed by atoms with Crippen LogP contribution in [0.25, 0.3) is 0 Å². The van der Waals surface area contributed by atoms with Crippen molar-refractivity contribution in [1.82, 2.24) is 0 Å². The topological polar surface area (TPSA) is 49.7 Å². The van der Waals surface area contributed by atoms with Crippen LogP contribution in [0, 0.1) is 6.92 Å². The zero-order valence-corrected chi connectivity index (χ0v) is 19.1. The molecule has 0 fully saturated rings. The maximum Gasteiger partial charge on any atom is 0.160 e. The molecule has 0 saturated heterocycles. The second-order valence-electron chi connectivity index (χ2n) is 7.65. The molecule has 162 valence electrons. The summed E-state index contributed by atoms with van der Waals surface area (Å²) in [5.41, 5.74) is 4.52. The minimum atomic E-state index is 0.290. The minimum Gasteiger partial charge on any atom is -0.507 e. The second kappa shape index (κ2) is 13.9. The Balaban J connectivity index is 0.000000296. The number of aromatic hydroxyl groups is 2. The summed E-state index contributed by atoms with van der Waals surface area (Å²) in [5.74, 6) is 1.38. The molecule has 0 bridgehead atoms. The molecule has 2 aromatic rings. The van der Waals surface area contributed by atoms with Crippen molar-refractivity contribution in [3.05, 3.63) is 52.6 Å². The number of benzene rings is 2. The lowest BCUT2D eigenvalue weighted by atomic mass is 9.95. The van der Waals surface area contributed by atoms with Crippen molar-refractivity contribution in [3.63, 3.8) is 0 Å². The summed E-state index contributed by atoms with van der Waals surface area (Å²) in [6, 6.07) is 9.84. The number of rotatable bonds is 10. The molecule has 0 saturated carbocycles. The first kappa shape index (κ1) is 24.9. The van der Waals surface area contributed by atoms with Gasteiger partial charge in [-0.1, -0.05) is 64.3 Å². The maximum absolute atomic E-state index is 10.1. The molecule has 0 heterocycles. The molecule has 2 N–H and O–H groups in total. The number of para-hydroxylation sites is 1. The van der Waals surface area contributed by atoms with Gasteiger partial charge in [-0.2, -0.15) is 0 Å². The summed E-state index contributed by atoms with van der Waals surface area (Å²) in [5, 5.41) is 19.8. The summed E-state index contributed by atoms with van der Waals surface area (Å²) >= 11 is 0. The Bertz CT molecular complexity index is 722. The third kappa shape index (κ3) is 8.00. The van der Waals surface area contributed by atoms with E-state index in [2.05, 4.69) is 26.8 Å². The molecule has 2 rings (SSSR count). The standard InChI is InChI=1S/C15H24O.C11H16O2/c1-4-6-8-13-11-10-12(3)15(16)14(13)9-7-5-2;1-3-4-6-9-7-5-8-10(13-2)11(9)12/h10-11,16H,4-9H2,1-3H3;5,7-8,12H,3-4,6H2,1-2H3. The van der Waals surface area contributed by atoms with Gasteiger partial charge in [-0.3, -0.25) is 0 Å². The molecule has 0 aliphatic carbocycles. The lowest BCUT2D eigenvalue weighted by molar-refractivity contribution is 0.370. The van der Waals surface area contributed by atoms with Crippen molar-refractivity contribution in [2.75, 3.05) is 7.11 Å². The highest BCUT2D eigenvalue weighted by atomic mass is 16.5. The minimum absolute atomic E-state index is 0.290. The normalized spacial score (nSPS) is 10.4. The highest BCUT2D eigenvalue weighted by molar-refractivity contribution is 5.46. The average molecular weight is 401 g/mol. The van der Waals surface area contributed by atoms with Gasteiger partial charge in [0, 0.05) is 0 Å². The number of phenols is 2. The number of phenolic OH excluding ortho intramolecular Hbond substituents is 2. The third-order valence-electron chi connectivity index (χ3n) is 5.26. The smallest absolute Gasteiger partial charge is 0.160 e. The summed E-state index contributed by atoms with van der Waals surface area (Å²) < 4.78 is 5.02. The Morgan fingerprint density at radius 2 is 1.31 bits per heavy atom. The predicted molar refractivity (Wildman–Crippen MR) is 123 cm³/mol. The van der Waals surface area contributed by atoms with Crippen LogP contribution < -0.4 is 4.74 Å². The molecule has 0 atom stereocenters. The van der Waals surface area contributed by atoms with E-state index in [1.165, 1.54) is 30.4 Å². The summed E-state index contributed by atoms with van der Waals surface area (Å²) in [7, 11) is 1.57. The largest absolute Gasteiger partial charge is 0.507 e. The van der Waals surface area contributed by atoms with E-state index in [9.17, 15) is 10.2 Å². The van der Waals surface area contributed by atoms with Crippen LogP contribution in [0.15, 0.2) is 30.3 Å². The molecule has 3 heteroatoms. The van der Waals surface area contributed by atoms with Gasteiger partial charge in [-0.15, -0.1) is 0 Å². The number of ether oxygens (including phenoxy) is 1. The van der Waals surface area contributed by atoms with Crippen molar-refractivity contribution in [2.45, 2.75) is 85.5 Å². The molecule has 0 spiro atoms. The van der Waals surface area contributed by atoms with Gasteiger partial charge >= 0.3 is 0 Å². The van der Waals surface area contributed by atoms with Gasteiger partial charge in [0.05, 0.1) is 7.11 Å². The van der Waals surface area contributed by atoms with Crippen LogP contribution in [0.3, 0.4) is 0 Å². The first-order valence-corrected chi connectivity index (χ1v) is 11.1. The molecule has 0 amide bonds. The fourth-order valence-electron chi connectivity index (χ4n) is 3.33. The van der Waals surface area contributed by atoms with Crippen LogP contribution in [0.5, 0.6) is 17.2 Å². The highest BCUT2D eigenvalue weighted by Crippen LogP contribution is 2.30. The predicted octanol–water partition coefficient (Wildman–Crippen LogP) is 7.13. The molecule has 2 aromatic carbocycles. The molecular formula is C26H40O3. The number of hydrogen-bond donors (Lipinski definition) is 2. The Labute approximate surface area is 177 Å².